The molecule has 0 aromatic carbocycles. The molecule has 2 amide bonds. The van der Waals surface area contributed by atoms with E-state index < -0.39 is 11.9 Å². The molecule has 4 N–H and O–H groups in total. The molecule has 1 aliphatic rings. The van der Waals surface area contributed by atoms with E-state index in [-0.39, 0.29) is 12.1 Å². The van der Waals surface area contributed by atoms with Crippen LogP contribution >= 0.6 is 0 Å². The number of nitrogens with zero attached hydrogens (tertiary/aromatic N) is 3. The van der Waals surface area contributed by atoms with Crippen LogP contribution in [0.5, 0.6) is 5.88 Å². The Hall–Kier alpha value is -3.47. The van der Waals surface area contributed by atoms with Crippen molar-refractivity contribution in [3.05, 3.63) is 24.4 Å². The maximum Gasteiger partial charge on any atom is 0.414 e. The van der Waals surface area contributed by atoms with Gasteiger partial charge < -0.3 is 30.5 Å². The largest absolute Gasteiger partial charge is 0.481 e. The summed E-state index contributed by atoms with van der Waals surface area (Å²) in [5.41, 5.74) is 1.98. The van der Waals surface area contributed by atoms with Crippen molar-refractivity contribution in [1.82, 2.24) is 20.2 Å². The number of fused-ring (bicyclic) bond motifs is 1. The monoisotopic (exact) mass is 489 g/mol. The number of aromatic nitrogens is 2. The number of anilines is 1. The van der Waals surface area contributed by atoms with E-state index in [4.69, 9.17) is 24.5 Å². The van der Waals surface area contributed by atoms with E-state index in [9.17, 15) is 4.79 Å². The van der Waals surface area contributed by atoms with Crippen LogP contribution in [0.15, 0.2) is 24.4 Å². The number of unbranched alkanes of at least 4 members (excludes halogenated alkanes) is 4. The van der Waals surface area contributed by atoms with Gasteiger partial charge in [0.2, 0.25) is 5.88 Å². The van der Waals surface area contributed by atoms with Gasteiger partial charge in [-0.3, -0.25) is 4.98 Å². The smallest absolute Gasteiger partial charge is 0.414 e. The van der Waals surface area contributed by atoms with Gasteiger partial charge in [0, 0.05) is 31.4 Å². The van der Waals surface area contributed by atoms with E-state index in [0.29, 0.717) is 17.1 Å². The number of pyridine rings is 2. The summed E-state index contributed by atoms with van der Waals surface area (Å²) in [7, 11) is 1.57. The van der Waals surface area contributed by atoms with E-state index in [1.54, 1.807) is 25.4 Å². The normalized spacial score (nSPS) is 14.0. The molecule has 0 atom stereocenters. The first-order valence-electron chi connectivity index (χ1n) is 11.9. The summed E-state index contributed by atoms with van der Waals surface area (Å²) < 4.78 is 5.19. The second-order valence-corrected chi connectivity index (χ2v) is 8.32. The van der Waals surface area contributed by atoms with Crippen LogP contribution in [0.3, 0.4) is 0 Å². The number of amides is 2. The number of carbonyl (C=O) groups is 3. The van der Waals surface area contributed by atoms with Crippen molar-refractivity contribution in [3.8, 4) is 5.88 Å². The third-order valence-corrected chi connectivity index (χ3v) is 5.70. The Balaban J connectivity index is 0.000000641. The Morgan fingerprint density at radius 1 is 1.06 bits per heavy atom. The molecule has 3 rings (SSSR count). The van der Waals surface area contributed by atoms with Crippen molar-refractivity contribution in [2.45, 2.75) is 57.9 Å². The lowest BCUT2D eigenvalue weighted by Gasteiger charge is -2.32. The van der Waals surface area contributed by atoms with E-state index in [1.807, 2.05) is 6.07 Å². The highest BCUT2D eigenvalue weighted by atomic mass is 16.5. The topological polar surface area (TPSA) is 154 Å². The van der Waals surface area contributed by atoms with E-state index >= 15 is 0 Å². The average Bonchev–Trinajstić information content (AvgIpc) is 2.85. The predicted molar refractivity (Wildman–Crippen MR) is 132 cm³/mol. The van der Waals surface area contributed by atoms with Gasteiger partial charge in [-0.05, 0) is 37.9 Å². The first-order chi connectivity index (χ1) is 16.8. The van der Waals surface area contributed by atoms with Gasteiger partial charge in [0.25, 0.3) is 0 Å². The van der Waals surface area contributed by atoms with Gasteiger partial charge in [0.1, 0.15) is 5.52 Å². The van der Waals surface area contributed by atoms with E-state index in [1.165, 1.54) is 38.6 Å². The minimum absolute atomic E-state index is 0.194. The first kappa shape index (κ1) is 27.8. The third-order valence-electron chi connectivity index (χ3n) is 5.70. The van der Waals surface area contributed by atoms with Crippen LogP contribution in [0.1, 0.15) is 51.9 Å². The van der Waals surface area contributed by atoms with Crippen molar-refractivity contribution in [1.29, 1.82) is 0 Å². The zero-order valence-corrected chi connectivity index (χ0v) is 20.3. The fourth-order valence-electron chi connectivity index (χ4n) is 3.81. The van der Waals surface area contributed by atoms with Gasteiger partial charge >= 0.3 is 18.0 Å². The van der Waals surface area contributed by atoms with Crippen molar-refractivity contribution in [2.75, 3.05) is 32.1 Å². The number of carboxylic acids is 2. The lowest BCUT2D eigenvalue weighted by molar-refractivity contribution is -0.159. The summed E-state index contributed by atoms with van der Waals surface area (Å²) in [5.74, 6) is -3.15. The average molecular weight is 490 g/mol. The highest BCUT2D eigenvalue weighted by Gasteiger charge is 2.20. The molecule has 0 aliphatic carbocycles. The molecule has 0 unspecified atom stereocenters. The standard InChI is InChI=1S/C22H33N5O2.C2H2O4/c1-3-4-5-6-7-14-27-15-11-17(12-16-27)24-22(28)25-19-10-13-23-18-8-9-20(29-2)26-21(18)19;3-1(4)2(5)6/h8-10,13,17H,3-7,11-12,14-16H2,1-2H3,(H2,23,24,25,28);(H,3,4)(H,5,6). The summed E-state index contributed by atoms with van der Waals surface area (Å²) in [6, 6.07) is 5.37. The molecule has 11 nitrogen and oxygen atoms in total. The van der Waals surface area contributed by atoms with Crippen LogP contribution < -0.4 is 15.4 Å². The molecule has 0 spiro atoms. The van der Waals surface area contributed by atoms with Crippen LogP contribution in [-0.2, 0) is 9.59 Å². The molecule has 11 heteroatoms. The molecule has 1 aliphatic heterocycles. The highest BCUT2D eigenvalue weighted by molar-refractivity contribution is 6.27. The number of hydrogen-bond donors (Lipinski definition) is 4. The highest BCUT2D eigenvalue weighted by Crippen LogP contribution is 2.22. The fourth-order valence-corrected chi connectivity index (χ4v) is 3.81. The molecule has 35 heavy (non-hydrogen) atoms. The molecule has 0 saturated carbocycles. The number of rotatable bonds is 9. The fraction of sp³-hybridized carbons (Fsp3) is 0.542. The second-order valence-electron chi connectivity index (χ2n) is 8.32. The Labute approximate surface area is 204 Å². The number of aliphatic carboxylic acids is 2. The lowest BCUT2D eigenvalue weighted by atomic mass is 10.0. The Morgan fingerprint density at radius 3 is 2.37 bits per heavy atom. The summed E-state index contributed by atoms with van der Waals surface area (Å²) in [6.07, 6.45) is 10.2. The van der Waals surface area contributed by atoms with Crippen LogP contribution in [-0.4, -0.2) is 75.8 Å². The van der Waals surface area contributed by atoms with Gasteiger partial charge in [0.15, 0.2) is 0 Å². The number of carboxylic acid groups (broad SMARTS) is 2. The van der Waals surface area contributed by atoms with Crippen LogP contribution in [0, 0.1) is 0 Å². The van der Waals surface area contributed by atoms with E-state index in [0.717, 1.165) is 31.4 Å². The lowest BCUT2D eigenvalue weighted by Crippen LogP contribution is -2.46. The summed E-state index contributed by atoms with van der Waals surface area (Å²) in [6.45, 7) is 5.53. The van der Waals surface area contributed by atoms with Crippen LogP contribution in [0.25, 0.3) is 11.0 Å². The van der Waals surface area contributed by atoms with Crippen molar-refractivity contribution < 1.29 is 29.3 Å². The summed E-state index contributed by atoms with van der Waals surface area (Å²) in [5, 5.41) is 20.8. The Morgan fingerprint density at radius 2 is 1.74 bits per heavy atom. The van der Waals surface area contributed by atoms with Crippen molar-refractivity contribution in [3.63, 3.8) is 0 Å². The van der Waals surface area contributed by atoms with Gasteiger partial charge in [-0.1, -0.05) is 32.6 Å². The van der Waals surface area contributed by atoms with Gasteiger partial charge in [-0.15, -0.1) is 0 Å². The molecule has 2 aromatic heterocycles. The zero-order chi connectivity index (χ0) is 25.6. The number of hydrogen-bond acceptors (Lipinski definition) is 7. The number of nitrogens with one attached hydrogen (secondary N) is 2. The predicted octanol–water partition coefficient (Wildman–Crippen LogP) is 3.35. The van der Waals surface area contributed by atoms with E-state index in [2.05, 4.69) is 32.4 Å². The molecule has 0 radical (unpaired) electrons. The first-order valence-corrected chi connectivity index (χ1v) is 11.9. The Kier molecular flexibility index (Phi) is 11.7. The van der Waals surface area contributed by atoms with Crippen LogP contribution in [0.4, 0.5) is 10.5 Å². The maximum absolute atomic E-state index is 12.5. The van der Waals surface area contributed by atoms with Gasteiger partial charge in [-0.25, -0.2) is 19.4 Å². The minimum atomic E-state index is -1.82. The number of methoxy groups -OCH3 is 1. The number of carbonyl (C=O) groups excluding carboxylic acids is 1. The second kappa shape index (κ2) is 14.7. The maximum atomic E-state index is 12.5. The molecule has 0 bridgehead atoms. The molecule has 192 valence electrons. The van der Waals surface area contributed by atoms with Crippen LogP contribution in [0.2, 0.25) is 0 Å². The molecule has 1 saturated heterocycles. The number of ether oxygens (including phenoxy) is 1. The SMILES string of the molecule is CCCCCCCN1CCC(NC(=O)Nc2ccnc3ccc(OC)nc23)CC1.O=C(O)C(=O)O. The summed E-state index contributed by atoms with van der Waals surface area (Å²) >= 11 is 0. The molecule has 2 aromatic rings. The van der Waals surface area contributed by atoms with Crippen molar-refractivity contribution >= 4 is 34.7 Å². The number of piperidine rings is 1. The molecule has 3 heterocycles. The number of urea groups is 1. The Bertz CT molecular complexity index is 966. The van der Waals surface area contributed by atoms with Gasteiger partial charge in [0.05, 0.1) is 18.3 Å². The van der Waals surface area contributed by atoms with Gasteiger partial charge in [-0.2, -0.15) is 0 Å². The molecular formula is C24H35N5O6. The molecule has 1 fully saturated rings. The number of likely N-dealkylation sites (tertiary alicyclic amines) is 1. The quantitative estimate of drug-likeness (QED) is 0.307. The summed E-state index contributed by atoms with van der Waals surface area (Å²) in [4.78, 5) is 41.9. The van der Waals surface area contributed by atoms with Crippen molar-refractivity contribution in [2.24, 2.45) is 0 Å². The molecular weight excluding hydrogens is 454 g/mol. The zero-order valence-electron chi connectivity index (χ0n) is 20.3. The third kappa shape index (κ3) is 9.73. The minimum Gasteiger partial charge on any atom is -0.481 e.